The van der Waals surface area contributed by atoms with Gasteiger partial charge in [0.1, 0.15) is 18.1 Å². The highest BCUT2D eigenvalue weighted by molar-refractivity contribution is 9.10. The zero-order valence-electron chi connectivity index (χ0n) is 16.7. The van der Waals surface area contributed by atoms with Gasteiger partial charge in [-0.15, -0.1) is 0 Å². The van der Waals surface area contributed by atoms with Gasteiger partial charge in [0.2, 0.25) is 6.23 Å². The number of hydrazone groups is 1. The van der Waals surface area contributed by atoms with E-state index in [1.807, 2.05) is 60.7 Å². The maximum Gasteiger partial charge on any atom is 0.213 e. The lowest BCUT2D eigenvalue weighted by atomic mass is 9.96. The Morgan fingerprint density at radius 3 is 2.65 bits per heavy atom. The summed E-state index contributed by atoms with van der Waals surface area (Å²) >= 11 is 9.68. The van der Waals surface area contributed by atoms with Crippen molar-refractivity contribution < 1.29 is 9.47 Å². The number of halogens is 2. The Balaban J connectivity index is 1.52. The van der Waals surface area contributed by atoms with Crippen LogP contribution in [0.5, 0.6) is 11.5 Å². The number of hydrogen-bond acceptors (Lipinski definition) is 4. The summed E-state index contributed by atoms with van der Waals surface area (Å²) in [6.45, 7) is 4.17. The molecule has 0 N–H and O–H groups in total. The molecule has 0 aliphatic carbocycles. The van der Waals surface area contributed by atoms with Crippen molar-refractivity contribution in [1.82, 2.24) is 5.01 Å². The van der Waals surface area contributed by atoms with E-state index in [2.05, 4.69) is 33.6 Å². The Morgan fingerprint density at radius 1 is 1.13 bits per heavy atom. The molecule has 0 spiro atoms. The molecule has 0 amide bonds. The Kier molecular flexibility index (Phi) is 5.47. The third kappa shape index (κ3) is 3.95. The maximum atomic E-state index is 6.43. The minimum absolute atomic E-state index is 0.0913. The minimum atomic E-state index is -0.322. The second-order valence-corrected chi connectivity index (χ2v) is 8.83. The van der Waals surface area contributed by atoms with E-state index in [-0.39, 0.29) is 12.3 Å². The zero-order valence-corrected chi connectivity index (χ0v) is 19.0. The molecule has 0 bridgehead atoms. The average Bonchev–Trinajstić information content (AvgIpc) is 3.24. The lowest BCUT2D eigenvalue weighted by Gasteiger charge is -2.38. The Bertz CT molecular complexity index is 1150. The molecule has 6 heteroatoms. The summed E-state index contributed by atoms with van der Waals surface area (Å²) < 4.78 is 13.1. The molecule has 2 heterocycles. The van der Waals surface area contributed by atoms with Gasteiger partial charge in [0.05, 0.1) is 11.8 Å². The number of fused-ring (bicyclic) bond motifs is 3. The molecule has 0 saturated heterocycles. The number of rotatable bonds is 5. The predicted octanol–water partition coefficient (Wildman–Crippen LogP) is 6.91. The number of hydrogen-bond donors (Lipinski definition) is 0. The summed E-state index contributed by atoms with van der Waals surface area (Å²) in [7, 11) is 0. The normalized spacial score (nSPS) is 19.2. The largest absolute Gasteiger partial charge is 0.490 e. The van der Waals surface area contributed by atoms with E-state index in [0.29, 0.717) is 11.6 Å². The average molecular weight is 496 g/mol. The topological polar surface area (TPSA) is 34.1 Å². The molecule has 5 rings (SSSR count). The van der Waals surface area contributed by atoms with E-state index < -0.39 is 0 Å². The van der Waals surface area contributed by atoms with E-state index in [1.165, 1.54) is 0 Å². The van der Waals surface area contributed by atoms with Crippen molar-refractivity contribution >= 4 is 33.2 Å². The van der Waals surface area contributed by atoms with Crippen molar-refractivity contribution in [2.24, 2.45) is 5.10 Å². The number of nitrogens with zero attached hydrogens (tertiary/aromatic N) is 2. The highest BCUT2D eigenvalue weighted by Crippen LogP contribution is 2.48. The van der Waals surface area contributed by atoms with Crippen LogP contribution in [0.1, 0.15) is 35.4 Å². The van der Waals surface area contributed by atoms with Crippen LogP contribution in [-0.2, 0) is 0 Å². The van der Waals surface area contributed by atoms with Crippen LogP contribution in [0, 0.1) is 0 Å². The van der Waals surface area contributed by atoms with Crippen molar-refractivity contribution in [2.45, 2.75) is 18.7 Å². The predicted molar refractivity (Wildman–Crippen MR) is 127 cm³/mol. The Morgan fingerprint density at radius 2 is 1.90 bits per heavy atom. The van der Waals surface area contributed by atoms with Crippen LogP contribution >= 0.6 is 27.5 Å². The van der Waals surface area contributed by atoms with E-state index in [4.69, 9.17) is 26.2 Å². The first-order valence-electron chi connectivity index (χ1n) is 10.0. The standard InChI is InChI=1S/C25H20BrClN2O2/c1-2-13-30-20-10-5-17(6-11-20)25-29-23(21-14-18(26)7-12-24(21)31-25)15-22(28-29)16-3-8-19(27)9-4-16/h2-12,14,23,25H,1,13,15H2. The van der Waals surface area contributed by atoms with Crippen LogP contribution in [0.4, 0.5) is 0 Å². The summed E-state index contributed by atoms with van der Waals surface area (Å²) in [5, 5.41) is 7.78. The first-order chi connectivity index (χ1) is 15.1. The van der Waals surface area contributed by atoms with Crippen LogP contribution < -0.4 is 9.47 Å². The molecule has 0 radical (unpaired) electrons. The SMILES string of the molecule is C=CCOc1ccc(C2Oc3ccc(Br)cc3C3CC(c4ccc(Cl)cc4)=NN32)cc1. The van der Waals surface area contributed by atoms with E-state index in [1.54, 1.807) is 6.08 Å². The lowest BCUT2D eigenvalue weighted by molar-refractivity contribution is -0.0191. The fourth-order valence-corrected chi connectivity index (χ4v) is 4.48. The van der Waals surface area contributed by atoms with Gasteiger partial charge in [-0.05, 0) is 60.2 Å². The highest BCUT2D eigenvalue weighted by Gasteiger charge is 2.41. The third-order valence-electron chi connectivity index (χ3n) is 5.46. The van der Waals surface area contributed by atoms with Crippen LogP contribution in [-0.4, -0.2) is 17.3 Å². The molecule has 31 heavy (non-hydrogen) atoms. The fourth-order valence-electron chi connectivity index (χ4n) is 3.98. The van der Waals surface area contributed by atoms with Gasteiger partial charge in [-0.1, -0.05) is 52.3 Å². The maximum absolute atomic E-state index is 6.43. The highest BCUT2D eigenvalue weighted by atomic mass is 79.9. The van der Waals surface area contributed by atoms with Gasteiger partial charge < -0.3 is 9.47 Å². The van der Waals surface area contributed by atoms with Crippen LogP contribution in [0.3, 0.4) is 0 Å². The van der Waals surface area contributed by atoms with Crippen molar-refractivity contribution in [1.29, 1.82) is 0 Å². The Labute approximate surface area is 194 Å². The lowest BCUT2D eigenvalue weighted by Crippen LogP contribution is -2.33. The second-order valence-electron chi connectivity index (χ2n) is 7.47. The molecule has 2 aliphatic rings. The van der Waals surface area contributed by atoms with Crippen molar-refractivity contribution in [2.75, 3.05) is 6.61 Å². The molecule has 0 saturated carbocycles. The molecular formula is C25H20BrClN2O2. The van der Waals surface area contributed by atoms with Crippen molar-refractivity contribution in [3.05, 3.63) is 106 Å². The first-order valence-corrected chi connectivity index (χ1v) is 11.2. The van der Waals surface area contributed by atoms with Crippen LogP contribution in [0.15, 0.2) is 89.0 Å². The molecular weight excluding hydrogens is 476 g/mol. The minimum Gasteiger partial charge on any atom is -0.490 e. The Hall–Kier alpha value is -2.76. The summed E-state index contributed by atoms with van der Waals surface area (Å²) in [4.78, 5) is 0. The quantitative estimate of drug-likeness (QED) is 0.361. The van der Waals surface area contributed by atoms with Gasteiger partial charge in [0.15, 0.2) is 0 Å². The summed E-state index contributed by atoms with van der Waals surface area (Å²) in [6.07, 6.45) is 2.21. The van der Waals surface area contributed by atoms with E-state index in [0.717, 1.165) is 44.8 Å². The van der Waals surface area contributed by atoms with Crippen LogP contribution in [0.25, 0.3) is 0 Å². The molecule has 2 unspecified atom stereocenters. The molecule has 2 atom stereocenters. The number of ether oxygens (including phenoxy) is 2. The summed E-state index contributed by atoms with van der Waals surface area (Å²) in [5.41, 5.74) is 4.24. The molecule has 156 valence electrons. The van der Waals surface area contributed by atoms with Gasteiger partial charge in [-0.2, -0.15) is 5.10 Å². The second kappa shape index (κ2) is 8.40. The summed E-state index contributed by atoms with van der Waals surface area (Å²) in [5.74, 6) is 1.68. The zero-order chi connectivity index (χ0) is 21.4. The molecule has 4 nitrogen and oxygen atoms in total. The third-order valence-corrected chi connectivity index (χ3v) is 6.21. The molecule has 2 aliphatic heterocycles. The summed E-state index contributed by atoms with van der Waals surface area (Å²) in [6, 6.07) is 22.0. The molecule has 0 aromatic heterocycles. The van der Waals surface area contributed by atoms with E-state index in [9.17, 15) is 0 Å². The number of benzene rings is 3. The monoisotopic (exact) mass is 494 g/mol. The van der Waals surface area contributed by atoms with Gasteiger partial charge in [-0.3, -0.25) is 0 Å². The molecule has 0 fully saturated rings. The van der Waals surface area contributed by atoms with Crippen molar-refractivity contribution in [3.63, 3.8) is 0 Å². The fraction of sp³-hybridized carbons (Fsp3) is 0.160. The van der Waals surface area contributed by atoms with E-state index >= 15 is 0 Å². The first kappa shape index (κ1) is 20.2. The van der Waals surface area contributed by atoms with Gasteiger partial charge >= 0.3 is 0 Å². The van der Waals surface area contributed by atoms with Crippen LogP contribution in [0.2, 0.25) is 5.02 Å². The van der Waals surface area contributed by atoms with Gasteiger partial charge in [0.25, 0.3) is 0 Å². The van der Waals surface area contributed by atoms with Gasteiger partial charge in [-0.25, -0.2) is 5.01 Å². The van der Waals surface area contributed by atoms with Gasteiger partial charge in [0, 0.05) is 27.0 Å². The molecule has 3 aromatic rings. The molecule has 3 aromatic carbocycles. The van der Waals surface area contributed by atoms with Crippen molar-refractivity contribution in [3.8, 4) is 11.5 Å². The smallest absolute Gasteiger partial charge is 0.213 e.